The summed E-state index contributed by atoms with van der Waals surface area (Å²) in [5, 5.41) is 4.22. The number of aryl methyl sites for hydroxylation is 3. The summed E-state index contributed by atoms with van der Waals surface area (Å²) < 4.78 is 24.8. The van der Waals surface area contributed by atoms with Crippen LogP contribution in [-0.4, -0.2) is 30.7 Å². The molecule has 1 aromatic carbocycles. The largest absolute Gasteiger partial charge is 0.368 e. The first-order chi connectivity index (χ1) is 11.9. The molecule has 25 heavy (non-hydrogen) atoms. The number of nitrogens with one attached hydrogen (secondary N) is 1. The molecule has 0 saturated heterocycles. The first kappa shape index (κ1) is 17.8. The highest BCUT2D eigenvalue weighted by Gasteiger charge is 2.16. The fraction of sp³-hybridized carbons (Fsp3) is 0.333. The van der Waals surface area contributed by atoms with Crippen LogP contribution in [-0.2, 0) is 16.3 Å². The van der Waals surface area contributed by atoms with Gasteiger partial charge in [-0.1, -0.05) is 25.1 Å². The molecule has 0 aliphatic heterocycles. The van der Waals surface area contributed by atoms with Gasteiger partial charge in [0, 0.05) is 17.8 Å². The minimum Gasteiger partial charge on any atom is -0.368 e. The molecule has 0 amide bonds. The number of rotatable bonds is 6. The van der Waals surface area contributed by atoms with Crippen LogP contribution in [0.4, 0.5) is 5.82 Å². The van der Waals surface area contributed by atoms with Crippen LogP contribution in [0.3, 0.4) is 0 Å². The molecule has 0 unspecified atom stereocenters. The van der Waals surface area contributed by atoms with E-state index < -0.39 is 9.84 Å². The summed E-state index contributed by atoms with van der Waals surface area (Å²) in [6.45, 7) is 6.44. The maximum atomic E-state index is 12.4. The Bertz CT molecular complexity index is 996. The molecule has 7 heteroatoms. The van der Waals surface area contributed by atoms with Crippen LogP contribution in [0.25, 0.3) is 10.2 Å². The second-order valence-electron chi connectivity index (χ2n) is 5.86. The zero-order valence-corrected chi connectivity index (χ0v) is 16.2. The van der Waals surface area contributed by atoms with E-state index in [4.69, 9.17) is 0 Å². The molecule has 0 aliphatic rings. The van der Waals surface area contributed by atoms with Crippen LogP contribution in [0.15, 0.2) is 35.2 Å². The van der Waals surface area contributed by atoms with Crippen LogP contribution in [0.1, 0.15) is 23.2 Å². The Balaban J connectivity index is 1.84. The van der Waals surface area contributed by atoms with E-state index in [1.165, 1.54) is 4.88 Å². The van der Waals surface area contributed by atoms with Crippen LogP contribution >= 0.6 is 11.3 Å². The van der Waals surface area contributed by atoms with Gasteiger partial charge in [0.25, 0.3) is 0 Å². The number of anilines is 1. The van der Waals surface area contributed by atoms with Gasteiger partial charge in [0.05, 0.1) is 16.0 Å². The third-order valence-corrected chi connectivity index (χ3v) is 6.99. The Hall–Kier alpha value is -1.99. The van der Waals surface area contributed by atoms with E-state index in [-0.39, 0.29) is 5.75 Å². The molecule has 0 spiro atoms. The lowest BCUT2D eigenvalue weighted by molar-refractivity contribution is 0.596. The third kappa shape index (κ3) is 3.67. The molecule has 0 bridgehead atoms. The van der Waals surface area contributed by atoms with Crippen molar-refractivity contribution < 1.29 is 8.42 Å². The number of aromatic nitrogens is 2. The number of nitrogens with zero attached hydrogens (tertiary/aromatic N) is 2. The SMILES string of the molecule is CCc1nc(NCCS(=O)(=O)c2ccccc2)c2c(C)c(C)sc2n1. The van der Waals surface area contributed by atoms with Gasteiger partial charge >= 0.3 is 0 Å². The molecule has 2 aromatic heterocycles. The Morgan fingerprint density at radius 1 is 1.12 bits per heavy atom. The molecule has 0 aliphatic carbocycles. The molecule has 0 fully saturated rings. The van der Waals surface area contributed by atoms with Gasteiger partial charge in [0.15, 0.2) is 9.84 Å². The Labute approximate surface area is 152 Å². The molecule has 0 atom stereocenters. The lowest BCUT2D eigenvalue weighted by atomic mass is 10.2. The zero-order chi connectivity index (χ0) is 18.0. The third-order valence-electron chi connectivity index (χ3n) is 4.16. The summed E-state index contributed by atoms with van der Waals surface area (Å²) in [7, 11) is -3.31. The van der Waals surface area contributed by atoms with E-state index in [1.807, 2.05) is 13.0 Å². The van der Waals surface area contributed by atoms with Gasteiger partial charge in [-0.25, -0.2) is 18.4 Å². The average molecular weight is 376 g/mol. The topological polar surface area (TPSA) is 72.0 Å². The lowest BCUT2D eigenvalue weighted by Gasteiger charge is -2.10. The molecule has 5 nitrogen and oxygen atoms in total. The normalized spacial score (nSPS) is 11.8. The van der Waals surface area contributed by atoms with Crippen molar-refractivity contribution in [1.29, 1.82) is 0 Å². The molecule has 0 radical (unpaired) electrons. The number of thiophene rings is 1. The molecule has 2 heterocycles. The van der Waals surface area contributed by atoms with Crippen LogP contribution in [0.2, 0.25) is 0 Å². The first-order valence-electron chi connectivity index (χ1n) is 8.20. The van der Waals surface area contributed by atoms with Gasteiger partial charge in [0.1, 0.15) is 16.5 Å². The second-order valence-corrected chi connectivity index (χ2v) is 9.18. The minimum atomic E-state index is -3.31. The van der Waals surface area contributed by atoms with E-state index in [9.17, 15) is 8.42 Å². The highest BCUT2D eigenvalue weighted by Crippen LogP contribution is 2.33. The summed E-state index contributed by atoms with van der Waals surface area (Å²) in [5.41, 5.74) is 1.15. The maximum absolute atomic E-state index is 12.4. The smallest absolute Gasteiger partial charge is 0.180 e. The van der Waals surface area contributed by atoms with Crippen molar-refractivity contribution in [2.75, 3.05) is 17.6 Å². The van der Waals surface area contributed by atoms with E-state index in [2.05, 4.69) is 29.1 Å². The summed E-state index contributed by atoms with van der Waals surface area (Å²) in [6, 6.07) is 8.53. The number of benzene rings is 1. The van der Waals surface area contributed by atoms with Crippen molar-refractivity contribution in [1.82, 2.24) is 9.97 Å². The van der Waals surface area contributed by atoms with Crippen molar-refractivity contribution >= 4 is 37.2 Å². The molecule has 132 valence electrons. The highest BCUT2D eigenvalue weighted by molar-refractivity contribution is 7.91. The molecule has 3 aromatic rings. The van der Waals surface area contributed by atoms with Crippen LogP contribution < -0.4 is 5.32 Å². The quantitative estimate of drug-likeness (QED) is 0.710. The number of fused-ring (bicyclic) bond motifs is 1. The van der Waals surface area contributed by atoms with Crippen LogP contribution in [0, 0.1) is 13.8 Å². The van der Waals surface area contributed by atoms with Crippen molar-refractivity contribution in [3.63, 3.8) is 0 Å². The summed E-state index contributed by atoms with van der Waals surface area (Å²) in [6.07, 6.45) is 0.739. The van der Waals surface area contributed by atoms with E-state index >= 15 is 0 Å². The Kier molecular flexibility index (Phi) is 5.06. The number of hydrogen-bond acceptors (Lipinski definition) is 6. The van der Waals surface area contributed by atoms with Gasteiger partial charge in [-0.05, 0) is 31.5 Å². The van der Waals surface area contributed by atoms with Crippen molar-refractivity contribution in [3.8, 4) is 0 Å². The number of hydrogen-bond donors (Lipinski definition) is 1. The molecule has 0 saturated carbocycles. The summed E-state index contributed by atoms with van der Waals surface area (Å²) >= 11 is 1.65. The maximum Gasteiger partial charge on any atom is 0.180 e. The van der Waals surface area contributed by atoms with E-state index in [1.54, 1.807) is 35.6 Å². The van der Waals surface area contributed by atoms with Gasteiger partial charge in [-0.2, -0.15) is 0 Å². The van der Waals surface area contributed by atoms with Crippen molar-refractivity contribution in [3.05, 3.63) is 46.6 Å². The van der Waals surface area contributed by atoms with Crippen molar-refractivity contribution in [2.24, 2.45) is 0 Å². The minimum absolute atomic E-state index is 0.0200. The zero-order valence-electron chi connectivity index (χ0n) is 14.5. The first-order valence-corrected chi connectivity index (χ1v) is 10.7. The lowest BCUT2D eigenvalue weighted by Crippen LogP contribution is -2.17. The predicted molar refractivity (Wildman–Crippen MR) is 103 cm³/mol. The Morgan fingerprint density at radius 3 is 2.52 bits per heavy atom. The average Bonchev–Trinajstić information content (AvgIpc) is 2.89. The monoisotopic (exact) mass is 375 g/mol. The van der Waals surface area contributed by atoms with E-state index in [0.717, 1.165) is 33.8 Å². The second kappa shape index (κ2) is 7.09. The Morgan fingerprint density at radius 2 is 1.84 bits per heavy atom. The molecular weight excluding hydrogens is 354 g/mol. The standard InChI is InChI=1S/C18H21N3O2S2/c1-4-15-20-17(16-12(2)13(3)24-18(16)21-15)19-10-11-25(22,23)14-8-6-5-7-9-14/h5-9H,4,10-11H2,1-3H3,(H,19,20,21). The van der Waals surface area contributed by atoms with E-state index in [0.29, 0.717) is 11.4 Å². The summed E-state index contributed by atoms with van der Waals surface area (Å²) in [5.74, 6) is 1.51. The van der Waals surface area contributed by atoms with Gasteiger partial charge in [0.2, 0.25) is 0 Å². The fourth-order valence-corrected chi connectivity index (χ4v) is 4.86. The molecule has 3 rings (SSSR count). The highest BCUT2D eigenvalue weighted by atomic mass is 32.2. The van der Waals surface area contributed by atoms with Gasteiger partial charge in [-0.15, -0.1) is 11.3 Å². The number of sulfone groups is 1. The fourth-order valence-electron chi connectivity index (χ4n) is 2.63. The molecular formula is C18H21N3O2S2. The van der Waals surface area contributed by atoms with Crippen molar-refractivity contribution in [2.45, 2.75) is 32.1 Å². The predicted octanol–water partition coefficient (Wildman–Crippen LogP) is 3.76. The van der Waals surface area contributed by atoms with Gasteiger partial charge in [-0.3, -0.25) is 0 Å². The molecule has 1 N–H and O–H groups in total. The van der Waals surface area contributed by atoms with Gasteiger partial charge < -0.3 is 5.32 Å². The van der Waals surface area contributed by atoms with Crippen LogP contribution in [0.5, 0.6) is 0 Å². The summed E-state index contributed by atoms with van der Waals surface area (Å²) in [4.78, 5) is 11.7.